The van der Waals surface area contributed by atoms with E-state index in [9.17, 15) is 0 Å². The molecule has 0 atom stereocenters. The summed E-state index contributed by atoms with van der Waals surface area (Å²) in [5.41, 5.74) is 1.27. The van der Waals surface area contributed by atoms with Crippen molar-refractivity contribution in [2.45, 2.75) is 12.8 Å². The van der Waals surface area contributed by atoms with Crippen molar-refractivity contribution in [3.63, 3.8) is 0 Å². The number of nitrogens with zero attached hydrogens (tertiary/aromatic N) is 1. The van der Waals surface area contributed by atoms with Gasteiger partial charge in [-0.3, -0.25) is 0 Å². The van der Waals surface area contributed by atoms with Crippen molar-refractivity contribution in [2.75, 3.05) is 0 Å². The molecule has 1 aromatic carbocycles. The average molecular weight is 149 g/mol. The molecule has 0 aromatic heterocycles. The summed E-state index contributed by atoms with van der Waals surface area (Å²) in [6, 6.07) is 10.1. The van der Waals surface area contributed by atoms with Crippen molar-refractivity contribution in [1.82, 2.24) is 0 Å². The second-order valence-corrected chi connectivity index (χ2v) is 2.32. The van der Waals surface area contributed by atoms with Crippen LogP contribution < -0.4 is 0 Å². The highest BCUT2D eigenvalue weighted by Crippen LogP contribution is 2.00. The van der Waals surface area contributed by atoms with Crippen molar-refractivity contribution in [2.24, 2.45) is 5.16 Å². The summed E-state index contributed by atoms with van der Waals surface area (Å²) in [6.07, 6.45) is 3.23. The van der Waals surface area contributed by atoms with Crippen LogP contribution in [0.25, 0.3) is 0 Å². The lowest BCUT2D eigenvalue weighted by Crippen LogP contribution is -1.84. The molecule has 1 N–H and O–H groups in total. The summed E-state index contributed by atoms with van der Waals surface area (Å²) in [5, 5.41) is 11.0. The van der Waals surface area contributed by atoms with Crippen molar-refractivity contribution >= 4 is 6.21 Å². The molecule has 1 rings (SSSR count). The van der Waals surface area contributed by atoms with Crippen LogP contribution in [0.1, 0.15) is 12.0 Å². The number of aryl methyl sites for hydroxylation is 1. The fourth-order valence-electron chi connectivity index (χ4n) is 0.934. The Morgan fingerprint density at radius 1 is 1.27 bits per heavy atom. The Hall–Kier alpha value is -1.31. The van der Waals surface area contributed by atoms with Crippen molar-refractivity contribution in [3.05, 3.63) is 35.9 Å². The summed E-state index contributed by atoms with van der Waals surface area (Å²) in [4.78, 5) is 0. The van der Waals surface area contributed by atoms with Crippen LogP contribution in [-0.4, -0.2) is 11.4 Å². The topological polar surface area (TPSA) is 32.6 Å². The third kappa shape index (κ3) is 2.85. The van der Waals surface area contributed by atoms with Gasteiger partial charge in [0.2, 0.25) is 0 Å². The third-order valence-electron chi connectivity index (χ3n) is 1.49. The SMILES string of the molecule is O/N=C/CCc1ccccc1. The molecule has 0 radical (unpaired) electrons. The molecule has 0 bridgehead atoms. The van der Waals surface area contributed by atoms with Crippen LogP contribution in [-0.2, 0) is 6.42 Å². The molecule has 0 unspecified atom stereocenters. The maximum Gasteiger partial charge on any atom is 0.0439 e. The molecule has 0 fully saturated rings. The highest BCUT2D eigenvalue weighted by molar-refractivity contribution is 5.56. The molecular weight excluding hydrogens is 138 g/mol. The van der Waals surface area contributed by atoms with E-state index in [-0.39, 0.29) is 0 Å². The van der Waals surface area contributed by atoms with E-state index in [1.165, 1.54) is 11.8 Å². The highest BCUT2D eigenvalue weighted by Gasteiger charge is 1.87. The van der Waals surface area contributed by atoms with Crippen LogP contribution in [0.2, 0.25) is 0 Å². The zero-order chi connectivity index (χ0) is 7.94. The second kappa shape index (κ2) is 4.50. The number of rotatable bonds is 3. The fraction of sp³-hybridized carbons (Fsp3) is 0.222. The fourth-order valence-corrected chi connectivity index (χ4v) is 0.934. The first-order valence-corrected chi connectivity index (χ1v) is 3.63. The molecule has 0 aliphatic heterocycles. The summed E-state index contributed by atoms with van der Waals surface area (Å²) in [6.45, 7) is 0. The molecule has 0 spiro atoms. The van der Waals surface area contributed by atoms with Crippen molar-refractivity contribution in [3.8, 4) is 0 Å². The Morgan fingerprint density at radius 3 is 2.64 bits per heavy atom. The first-order chi connectivity index (χ1) is 5.43. The Bertz CT molecular complexity index is 218. The zero-order valence-electron chi connectivity index (χ0n) is 6.27. The van der Waals surface area contributed by atoms with Gasteiger partial charge in [0, 0.05) is 6.21 Å². The van der Waals surface area contributed by atoms with E-state index in [1.54, 1.807) is 0 Å². The highest BCUT2D eigenvalue weighted by atomic mass is 16.4. The van der Waals surface area contributed by atoms with Crippen LogP contribution >= 0.6 is 0 Å². The van der Waals surface area contributed by atoms with Gasteiger partial charge in [-0.2, -0.15) is 0 Å². The maximum atomic E-state index is 8.11. The van der Waals surface area contributed by atoms with E-state index in [0.29, 0.717) is 0 Å². The molecule has 2 nitrogen and oxygen atoms in total. The molecule has 0 aliphatic rings. The Kier molecular flexibility index (Phi) is 3.19. The largest absolute Gasteiger partial charge is 0.411 e. The van der Waals surface area contributed by atoms with Gasteiger partial charge < -0.3 is 5.21 Å². The van der Waals surface area contributed by atoms with Gasteiger partial charge >= 0.3 is 0 Å². The Balaban J connectivity index is 2.39. The van der Waals surface area contributed by atoms with Gasteiger partial charge in [0.1, 0.15) is 0 Å². The average Bonchev–Trinajstić information content (AvgIpc) is 2.07. The van der Waals surface area contributed by atoms with Gasteiger partial charge in [0.15, 0.2) is 0 Å². The molecule has 58 valence electrons. The third-order valence-corrected chi connectivity index (χ3v) is 1.49. The predicted octanol–water partition coefficient (Wildman–Crippen LogP) is 2.08. The normalized spacial score (nSPS) is 10.5. The van der Waals surface area contributed by atoms with Crippen LogP contribution in [0, 0.1) is 0 Å². The first kappa shape index (κ1) is 7.79. The first-order valence-electron chi connectivity index (χ1n) is 3.63. The minimum atomic E-state index is 0.792. The Morgan fingerprint density at radius 2 is 2.00 bits per heavy atom. The van der Waals surface area contributed by atoms with Crippen molar-refractivity contribution in [1.29, 1.82) is 0 Å². The smallest absolute Gasteiger partial charge is 0.0439 e. The van der Waals surface area contributed by atoms with E-state index < -0.39 is 0 Å². The molecule has 0 heterocycles. The van der Waals surface area contributed by atoms with Gasteiger partial charge in [-0.25, -0.2) is 0 Å². The summed E-state index contributed by atoms with van der Waals surface area (Å²) in [5.74, 6) is 0. The molecular formula is C9H11NO. The maximum absolute atomic E-state index is 8.11. The van der Waals surface area contributed by atoms with E-state index in [1.807, 2.05) is 18.2 Å². The van der Waals surface area contributed by atoms with E-state index in [0.717, 1.165) is 12.8 Å². The lowest BCUT2D eigenvalue weighted by Gasteiger charge is -1.94. The van der Waals surface area contributed by atoms with Gasteiger partial charge in [0.25, 0.3) is 0 Å². The molecule has 2 heteroatoms. The molecule has 1 aromatic rings. The number of benzene rings is 1. The van der Waals surface area contributed by atoms with Gasteiger partial charge in [-0.15, -0.1) is 5.16 Å². The molecule has 11 heavy (non-hydrogen) atoms. The second-order valence-electron chi connectivity index (χ2n) is 2.32. The van der Waals surface area contributed by atoms with Gasteiger partial charge in [0.05, 0.1) is 0 Å². The molecule has 0 amide bonds. The molecule has 0 saturated carbocycles. The van der Waals surface area contributed by atoms with E-state index in [2.05, 4.69) is 17.3 Å². The summed E-state index contributed by atoms with van der Waals surface area (Å²) < 4.78 is 0. The van der Waals surface area contributed by atoms with Gasteiger partial charge in [-0.05, 0) is 18.4 Å². The molecule has 0 aliphatic carbocycles. The predicted molar refractivity (Wildman–Crippen MR) is 45.0 cm³/mol. The molecule has 0 saturated heterocycles. The zero-order valence-corrected chi connectivity index (χ0v) is 6.27. The monoisotopic (exact) mass is 149 g/mol. The number of oxime groups is 1. The van der Waals surface area contributed by atoms with Crippen LogP contribution in [0.4, 0.5) is 0 Å². The van der Waals surface area contributed by atoms with Crippen LogP contribution in [0.5, 0.6) is 0 Å². The van der Waals surface area contributed by atoms with Crippen molar-refractivity contribution < 1.29 is 5.21 Å². The minimum Gasteiger partial charge on any atom is -0.411 e. The standard InChI is InChI=1S/C9H11NO/c11-10-8-4-7-9-5-2-1-3-6-9/h1-3,5-6,8,11H,4,7H2/b10-8+. The quantitative estimate of drug-likeness (QED) is 0.398. The van der Waals surface area contributed by atoms with E-state index >= 15 is 0 Å². The number of hydrogen-bond acceptors (Lipinski definition) is 2. The Labute approximate surface area is 66.2 Å². The lowest BCUT2D eigenvalue weighted by atomic mass is 10.1. The van der Waals surface area contributed by atoms with Crippen LogP contribution in [0.3, 0.4) is 0 Å². The van der Waals surface area contributed by atoms with Gasteiger partial charge in [-0.1, -0.05) is 30.3 Å². The minimum absolute atomic E-state index is 0.792. The number of hydrogen-bond donors (Lipinski definition) is 1. The summed E-state index contributed by atoms with van der Waals surface area (Å²) >= 11 is 0. The van der Waals surface area contributed by atoms with Crippen LogP contribution in [0.15, 0.2) is 35.5 Å². The lowest BCUT2D eigenvalue weighted by molar-refractivity contribution is 0.320. The van der Waals surface area contributed by atoms with E-state index in [4.69, 9.17) is 5.21 Å². The summed E-state index contributed by atoms with van der Waals surface area (Å²) in [7, 11) is 0.